The molecule has 0 aliphatic rings. The Bertz CT molecular complexity index is 398. The minimum absolute atomic E-state index is 0.0201. The molecule has 2 N–H and O–H groups in total. The average Bonchev–Trinajstić information content (AvgIpc) is 2.37. The van der Waals surface area contributed by atoms with E-state index in [1.807, 2.05) is 49.4 Å². The third kappa shape index (κ3) is 4.68. The summed E-state index contributed by atoms with van der Waals surface area (Å²) in [5, 5.41) is 11.9. The Labute approximate surface area is 112 Å². The fourth-order valence-corrected chi connectivity index (χ4v) is 1.88. The van der Waals surface area contributed by atoms with Crippen molar-refractivity contribution < 1.29 is 9.90 Å². The van der Waals surface area contributed by atoms with E-state index >= 15 is 0 Å². The molecule has 0 bridgehead atoms. The zero-order valence-electron chi connectivity index (χ0n) is 11.0. The van der Waals surface area contributed by atoms with Gasteiger partial charge in [-0.3, -0.25) is 9.69 Å². The summed E-state index contributed by atoms with van der Waals surface area (Å²) in [7, 11) is 1.82. The summed E-state index contributed by atoms with van der Waals surface area (Å²) in [6, 6.07) is 7.71. The molecular formula is C13H20N2O2S. The van der Waals surface area contributed by atoms with Crippen molar-refractivity contribution in [3.05, 3.63) is 24.3 Å². The van der Waals surface area contributed by atoms with Gasteiger partial charge in [-0.1, -0.05) is 6.07 Å². The lowest BCUT2D eigenvalue weighted by Crippen LogP contribution is -2.38. The van der Waals surface area contributed by atoms with E-state index in [1.165, 1.54) is 0 Å². The smallest absolute Gasteiger partial charge is 0.238 e. The summed E-state index contributed by atoms with van der Waals surface area (Å²) < 4.78 is 0. The largest absolute Gasteiger partial charge is 0.395 e. The molecule has 0 aliphatic heterocycles. The molecule has 0 aromatic heterocycles. The van der Waals surface area contributed by atoms with Crippen LogP contribution in [0, 0.1) is 0 Å². The van der Waals surface area contributed by atoms with Gasteiger partial charge in [-0.25, -0.2) is 0 Å². The monoisotopic (exact) mass is 268 g/mol. The number of likely N-dealkylation sites (N-methyl/N-ethyl adjacent to an activating group) is 1. The maximum Gasteiger partial charge on any atom is 0.238 e. The number of carbonyl (C=O) groups is 1. The van der Waals surface area contributed by atoms with E-state index < -0.39 is 0 Å². The topological polar surface area (TPSA) is 52.6 Å². The number of benzene rings is 1. The van der Waals surface area contributed by atoms with Crippen LogP contribution in [0.15, 0.2) is 29.2 Å². The lowest BCUT2D eigenvalue weighted by molar-refractivity contribution is -0.117. The van der Waals surface area contributed by atoms with E-state index in [0.717, 1.165) is 10.6 Å². The van der Waals surface area contributed by atoms with Crippen LogP contribution in [0.3, 0.4) is 0 Å². The average molecular weight is 268 g/mol. The highest BCUT2D eigenvalue weighted by Crippen LogP contribution is 2.18. The van der Waals surface area contributed by atoms with Crippen LogP contribution >= 0.6 is 11.8 Å². The Balaban J connectivity index is 2.53. The molecule has 0 aliphatic carbocycles. The van der Waals surface area contributed by atoms with Gasteiger partial charge < -0.3 is 10.4 Å². The minimum Gasteiger partial charge on any atom is -0.395 e. The Morgan fingerprint density at radius 3 is 2.89 bits per heavy atom. The number of rotatable bonds is 6. The van der Waals surface area contributed by atoms with Gasteiger partial charge in [-0.2, -0.15) is 0 Å². The van der Waals surface area contributed by atoms with Crippen molar-refractivity contribution in [1.29, 1.82) is 0 Å². The highest BCUT2D eigenvalue weighted by molar-refractivity contribution is 7.98. The van der Waals surface area contributed by atoms with Gasteiger partial charge in [0, 0.05) is 16.6 Å². The first-order valence-corrected chi connectivity index (χ1v) is 7.04. The van der Waals surface area contributed by atoms with Crippen LogP contribution in [0.5, 0.6) is 0 Å². The van der Waals surface area contributed by atoms with E-state index in [4.69, 9.17) is 5.11 Å². The van der Waals surface area contributed by atoms with Gasteiger partial charge in [0.2, 0.25) is 5.91 Å². The molecule has 5 heteroatoms. The molecular weight excluding hydrogens is 248 g/mol. The third-order valence-electron chi connectivity index (χ3n) is 2.76. The lowest BCUT2D eigenvalue weighted by Gasteiger charge is -2.22. The summed E-state index contributed by atoms with van der Waals surface area (Å²) in [5.74, 6) is -0.0731. The van der Waals surface area contributed by atoms with Gasteiger partial charge >= 0.3 is 0 Å². The van der Waals surface area contributed by atoms with E-state index in [0.29, 0.717) is 0 Å². The zero-order chi connectivity index (χ0) is 13.5. The molecule has 1 atom stereocenters. The maximum absolute atomic E-state index is 11.8. The van der Waals surface area contributed by atoms with E-state index in [9.17, 15) is 4.79 Å². The first kappa shape index (κ1) is 15.0. The number of aliphatic hydroxyl groups excluding tert-OH is 1. The molecule has 100 valence electrons. The SMILES string of the molecule is CSc1cccc(NC(=O)CN(C)C(C)CO)c1. The Kier molecular flexibility index (Phi) is 6.18. The van der Waals surface area contributed by atoms with Gasteiger partial charge in [0.05, 0.1) is 13.2 Å². The molecule has 0 fully saturated rings. The molecule has 0 radical (unpaired) electrons. The highest BCUT2D eigenvalue weighted by Gasteiger charge is 2.12. The number of anilines is 1. The molecule has 1 unspecified atom stereocenters. The van der Waals surface area contributed by atoms with Crippen molar-refractivity contribution in [1.82, 2.24) is 4.90 Å². The molecule has 0 heterocycles. The summed E-state index contributed by atoms with van der Waals surface area (Å²) in [4.78, 5) is 14.7. The zero-order valence-corrected chi connectivity index (χ0v) is 11.8. The van der Waals surface area contributed by atoms with E-state index in [-0.39, 0.29) is 25.1 Å². The number of hydrogen-bond donors (Lipinski definition) is 2. The highest BCUT2D eigenvalue weighted by atomic mass is 32.2. The van der Waals surface area contributed by atoms with Crippen molar-refractivity contribution in [2.45, 2.75) is 17.9 Å². The second-order valence-electron chi connectivity index (χ2n) is 4.23. The van der Waals surface area contributed by atoms with Gasteiger partial charge in [-0.15, -0.1) is 11.8 Å². The van der Waals surface area contributed by atoms with Gasteiger partial charge in [0.15, 0.2) is 0 Å². The quantitative estimate of drug-likeness (QED) is 0.771. The van der Waals surface area contributed by atoms with Gasteiger partial charge in [0.1, 0.15) is 0 Å². The van der Waals surface area contributed by atoms with Crippen molar-refractivity contribution in [2.75, 3.05) is 31.8 Å². The summed E-state index contributed by atoms with van der Waals surface area (Å²) in [6.07, 6.45) is 2.00. The summed E-state index contributed by atoms with van der Waals surface area (Å²) >= 11 is 1.64. The predicted octanol–water partition coefficient (Wildman–Crippen LogP) is 1.66. The molecule has 1 aromatic carbocycles. The number of hydrogen-bond acceptors (Lipinski definition) is 4. The van der Waals surface area contributed by atoms with Crippen molar-refractivity contribution in [3.8, 4) is 0 Å². The molecule has 0 saturated heterocycles. The Hall–Kier alpha value is -1.04. The molecule has 18 heavy (non-hydrogen) atoms. The number of nitrogens with one attached hydrogen (secondary N) is 1. The van der Waals surface area contributed by atoms with Crippen LogP contribution in [-0.4, -0.2) is 48.4 Å². The number of amides is 1. The summed E-state index contributed by atoms with van der Waals surface area (Å²) in [6.45, 7) is 2.19. The minimum atomic E-state index is -0.0731. The van der Waals surface area contributed by atoms with Crippen molar-refractivity contribution in [3.63, 3.8) is 0 Å². The number of aliphatic hydroxyl groups is 1. The van der Waals surface area contributed by atoms with E-state index in [1.54, 1.807) is 11.8 Å². The molecule has 1 rings (SSSR count). The molecule has 1 amide bonds. The Morgan fingerprint density at radius 1 is 1.56 bits per heavy atom. The first-order valence-electron chi connectivity index (χ1n) is 5.81. The lowest BCUT2D eigenvalue weighted by atomic mass is 10.3. The van der Waals surface area contributed by atoms with E-state index in [2.05, 4.69) is 5.32 Å². The fourth-order valence-electron chi connectivity index (χ4n) is 1.42. The van der Waals surface area contributed by atoms with Crippen LogP contribution < -0.4 is 5.32 Å². The third-order valence-corrected chi connectivity index (χ3v) is 3.49. The predicted molar refractivity (Wildman–Crippen MR) is 76.0 cm³/mol. The van der Waals surface area contributed by atoms with Crippen LogP contribution in [0.4, 0.5) is 5.69 Å². The maximum atomic E-state index is 11.8. The van der Waals surface area contributed by atoms with Crippen LogP contribution in [-0.2, 0) is 4.79 Å². The Morgan fingerprint density at radius 2 is 2.28 bits per heavy atom. The summed E-state index contributed by atoms with van der Waals surface area (Å²) in [5.41, 5.74) is 0.803. The molecule has 1 aromatic rings. The molecule has 0 spiro atoms. The second kappa shape index (κ2) is 7.41. The van der Waals surface area contributed by atoms with Crippen LogP contribution in [0.1, 0.15) is 6.92 Å². The van der Waals surface area contributed by atoms with Gasteiger partial charge in [0.25, 0.3) is 0 Å². The molecule has 0 saturated carbocycles. The second-order valence-corrected chi connectivity index (χ2v) is 5.11. The molecule has 4 nitrogen and oxygen atoms in total. The normalized spacial score (nSPS) is 12.5. The fraction of sp³-hybridized carbons (Fsp3) is 0.462. The van der Waals surface area contributed by atoms with Gasteiger partial charge in [-0.05, 0) is 38.4 Å². The first-order chi connectivity index (χ1) is 8.56. The van der Waals surface area contributed by atoms with Crippen molar-refractivity contribution >= 4 is 23.4 Å². The van der Waals surface area contributed by atoms with Crippen molar-refractivity contribution in [2.24, 2.45) is 0 Å². The number of thioether (sulfide) groups is 1. The van der Waals surface area contributed by atoms with Crippen LogP contribution in [0.2, 0.25) is 0 Å². The van der Waals surface area contributed by atoms with Crippen LogP contribution in [0.25, 0.3) is 0 Å². The number of nitrogens with zero attached hydrogens (tertiary/aromatic N) is 1. The number of carbonyl (C=O) groups excluding carboxylic acids is 1. The standard InChI is InChI=1S/C13H20N2O2S/c1-10(9-16)15(2)8-13(17)14-11-5-4-6-12(7-11)18-3/h4-7,10,16H,8-9H2,1-3H3,(H,14,17).